The molecule has 56 heavy (non-hydrogen) atoms. The summed E-state index contributed by atoms with van der Waals surface area (Å²) in [5, 5.41) is 5.95. The van der Waals surface area contributed by atoms with E-state index in [-0.39, 0.29) is 11.8 Å². The number of H-pyrrole nitrogens is 2. The number of aryl methyl sites for hydroxylation is 4. The van der Waals surface area contributed by atoms with Gasteiger partial charge in [0.15, 0.2) is 0 Å². The number of carbonyl (C=O) groups excluding carboxylic acids is 2. The highest BCUT2D eigenvalue weighted by Crippen LogP contribution is 2.43. The predicted molar refractivity (Wildman–Crippen MR) is 230 cm³/mol. The topological polar surface area (TPSA) is 168 Å². The van der Waals surface area contributed by atoms with Crippen molar-refractivity contribution in [3.8, 4) is 22.3 Å². The molecule has 0 unspecified atom stereocenters. The first kappa shape index (κ1) is 38.2. The fraction of sp³-hybridized carbons (Fsp3) is 0.261. The third kappa shape index (κ3) is 6.44. The van der Waals surface area contributed by atoms with E-state index >= 15 is 0 Å². The average Bonchev–Trinajstić information content (AvgIpc) is 3.84. The van der Waals surface area contributed by atoms with Gasteiger partial charge in [0.2, 0.25) is 0 Å². The van der Waals surface area contributed by atoms with Gasteiger partial charge < -0.3 is 32.1 Å². The van der Waals surface area contributed by atoms with Crippen LogP contribution in [-0.4, -0.2) is 57.9 Å². The highest BCUT2D eigenvalue weighted by molar-refractivity contribution is 6.09. The number of nitrogens with one attached hydrogen (secondary N) is 4. The van der Waals surface area contributed by atoms with Crippen molar-refractivity contribution in [1.29, 1.82) is 0 Å². The van der Waals surface area contributed by atoms with Gasteiger partial charge in [-0.2, -0.15) is 0 Å². The summed E-state index contributed by atoms with van der Waals surface area (Å²) in [7, 11) is 0. The molecule has 5 aromatic rings. The van der Waals surface area contributed by atoms with E-state index in [1.54, 1.807) is 0 Å². The third-order valence-corrected chi connectivity index (χ3v) is 11.5. The average molecular weight is 747 g/mol. The van der Waals surface area contributed by atoms with Crippen LogP contribution in [0.15, 0.2) is 60.7 Å². The maximum atomic E-state index is 13.7. The Labute approximate surface area is 327 Å². The lowest BCUT2D eigenvalue weighted by Crippen LogP contribution is -2.29. The summed E-state index contributed by atoms with van der Waals surface area (Å²) >= 11 is 0. The third-order valence-electron chi connectivity index (χ3n) is 11.5. The Morgan fingerprint density at radius 3 is 1.30 bits per heavy atom. The largest absolute Gasteiger partial charge is 0.354 e. The second-order valence-corrected chi connectivity index (χ2v) is 14.7. The van der Waals surface area contributed by atoms with Gasteiger partial charge in [-0.25, -0.2) is 9.97 Å². The molecule has 2 aliphatic heterocycles. The van der Waals surface area contributed by atoms with E-state index in [1.165, 1.54) is 0 Å². The number of nitrogens with two attached hydrogens (primary N) is 2. The van der Waals surface area contributed by atoms with E-state index < -0.39 is 0 Å². The molecule has 10 heteroatoms. The number of allylic oxidation sites excluding steroid dienone is 4. The van der Waals surface area contributed by atoms with Crippen molar-refractivity contribution in [2.24, 2.45) is 11.5 Å². The minimum Gasteiger partial charge on any atom is -0.354 e. The van der Waals surface area contributed by atoms with Crippen LogP contribution in [0, 0.1) is 27.7 Å². The highest BCUT2D eigenvalue weighted by atomic mass is 16.2. The first-order valence-corrected chi connectivity index (χ1v) is 19.1. The van der Waals surface area contributed by atoms with Crippen LogP contribution < -0.4 is 22.1 Å². The van der Waals surface area contributed by atoms with Gasteiger partial charge in [-0.15, -0.1) is 0 Å². The van der Waals surface area contributed by atoms with Crippen LogP contribution in [0.25, 0.3) is 66.6 Å². The van der Waals surface area contributed by atoms with E-state index in [0.29, 0.717) is 37.3 Å². The van der Waals surface area contributed by atoms with Gasteiger partial charge in [-0.1, -0.05) is 36.4 Å². The molecule has 10 nitrogen and oxygen atoms in total. The van der Waals surface area contributed by atoms with E-state index in [9.17, 15) is 9.59 Å². The van der Waals surface area contributed by atoms with E-state index in [1.807, 2.05) is 48.5 Å². The number of carbonyl (C=O) groups is 2. The Balaban J connectivity index is 1.68. The van der Waals surface area contributed by atoms with Gasteiger partial charge in [-0.3, -0.25) is 9.59 Å². The van der Waals surface area contributed by atoms with E-state index in [2.05, 4.69) is 88.1 Å². The lowest BCUT2D eigenvalue weighted by Gasteiger charge is -2.13. The molecular weight excluding hydrogens is 697 g/mol. The smallest absolute Gasteiger partial charge is 0.251 e. The molecule has 8 N–H and O–H groups in total. The molecule has 0 saturated carbocycles. The number of nitrogens with zero attached hydrogens (tertiary/aromatic N) is 2. The molecule has 8 bridgehead atoms. The summed E-state index contributed by atoms with van der Waals surface area (Å²) in [4.78, 5) is 45.6. The zero-order chi connectivity index (χ0) is 40.0. The molecule has 286 valence electrons. The zero-order valence-corrected chi connectivity index (χ0v) is 33.5. The second-order valence-electron chi connectivity index (χ2n) is 14.7. The number of rotatable bonds is 8. The van der Waals surface area contributed by atoms with Gasteiger partial charge in [0.25, 0.3) is 11.8 Å². The summed E-state index contributed by atoms with van der Waals surface area (Å²) < 4.78 is 0. The number of amides is 2. The molecule has 2 aromatic carbocycles. The Kier molecular flexibility index (Phi) is 10.4. The number of fused-ring (bicyclic) bond motifs is 8. The van der Waals surface area contributed by atoms with Crippen molar-refractivity contribution in [2.75, 3.05) is 26.2 Å². The van der Waals surface area contributed by atoms with Gasteiger partial charge in [0, 0.05) is 59.5 Å². The molecule has 2 aliphatic rings. The zero-order valence-electron chi connectivity index (χ0n) is 33.5. The molecule has 0 saturated heterocycles. The molecule has 0 aliphatic carbocycles. The minimum absolute atomic E-state index is 0.193. The van der Waals surface area contributed by atoms with Crippen molar-refractivity contribution < 1.29 is 9.59 Å². The first-order valence-electron chi connectivity index (χ1n) is 19.1. The van der Waals surface area contributed by atoms with E-state index in [0.717, 1.165) is 112 Å². The van der Waals surface area contributed by atoms with Crippen LogP contribution in [-0.2, 0) is 0 Å². The predicted octanol–water partition coefficient (Wildman–Crippen LogP) is 8.16. The van der Waals surface area contributed by atoms with Gasteiger partial charge in [0.05, 0.1) is 33.8 Å². The SMILES string of the molecule is CC1=C(C)c2nc1cc1[nH]c(c(C)c1C)c(-c1ccccc1C(=O)NCCN)c1nc(cc3[nH]c(c(C)c3C)c2-c2ccccc2C(=O)NCCN)C(C)=C1C. The molecule has 0 atom stereocenters. The van der Waals surface area contributed by atoms with Crippen LogP contribution in [0.2, 0.25) is 0 Å². The number of hydrogen-bond donors (Lipinski definition) is 6. The van der Waals surface area contributed by atoms with Crippen LogP contribution >= 0.6 is 0 Å². The lowest BCUT2D eigenvalue weighted by atomic mass is 9.93. The first-order chi connectivity index (χ1) is 26.9. The normalized spacial score (nSPS) is 12.8. The van der Waals surface area contributed by atoms with Crippen LogP contribution in [0.5, 0.6) is 0 Å². The monoisotopic (exact) mass is 746 g/mol. The summed E-state index contributed by atoms with van der Waals surface area (Å²) in [5.74, 6) is -0.387. The number of aromatic nitrogens is 4. The van der Waals surface area contributed by atoms with Crippen molar-refractivity contribution in [2.45, 2.75) is 55.4 Å². The lowest BCUT2D eigenvalue weighted by molar-refractivity contribution is 0.0947. The molecule has 5 heterocycles. The Morgan fingerprint density at radius 1 is 0.554 bits per heavy atom. The summed E-state index contributed by atoms with van der Waals surface area (Å²) in [6.07, 6.45) is 0. The fourth-order valence-electron chi connectivity index (χ4n) is 7.69. The van der Waals surface area contributed by atoms with Crippen molar-refractivity contribution >= 4 is 56.2 Å². The molecular formula is C46H50N8O2. The molecule has 0 radical (unpaired) electrons. The summed E-state index contributed by atoms with van der Waals surface area (Å²) in [6.45, 7) is 18.2. The highest BCUT2D eigenvalue weighted by Gasteiger charge is 2.26. The van der Waals surface area contributed by atoms with Gasteiger partial charge >= 0.3 is 0 Å². The van der Waals surface area contributed by atoms with Crippen LogP contribution in [0.4, 0.5) is 0 Å². The molecule has 3 aromatic heterocycles. The van der Waals surface area contributed by atoms with Crippen LogP contribution in [0.1, 0.15) is 93.4 Å². The molecule has 7 rings (SSSR count). The van der Waals surface area contributed by atoms with Crippen molar-refractivity contribution in [3.05, 3.63) is 117 Å². The maximum absolute atomic E-state index is 13.7. The Morgan fingerprint density at radius 2 is 0.929 bits per heavy atom. The molecule has 2 amide bonds. The second kappa shape index (κ2) is 15.2. The fourth-order valence-corrected chi connectivity index (χ4v) is 7.69. The summed E-state index contributed by atoms with van der Waals surface area (Å²) in [6, 6.07) is 19.6. The number of aromatic amines is 2. The van der Waals surface area contributed by atoms with Crippen molar-refractivity contribution in [3.63, 3.8) is 0 Å². The quantitative estimate of drug-likeness (QED) is 0.0937. The van der Waals surface area contributed by atoms with Gasteiger partial charge in [-0.05, 0) is 135 Å². The Hall–Kier alpha value is -6.10. The van der Waals surface area contributed by atoms with Crippen molar-refractivity contribution in [1.82, 2.24) is 30.6 Å². The summed E-state index contributed by atoms with van der Waals surface area (Å²) in [5.41, 5.74) is 31.0. The van der Waals surface area contributed by atoms with Gasteiger partial charge in [0.1, 0.15) is 0 Å². The van der Waals surface area contributed by atoms with E-state index in [4.69, 9.17) is 21.4 Å². The Bertz CT molecular complexity index is 2510. The maximum Gasteiger partial charge on any atom is 0.251 e. The number of hydrogen-bond acceptors (Lipinski definition) is 6. The number of benzene rings is 2. The molecule has 0 spiro atoms. The molecule has 0 fully saturated rings. The minimum atomic E-state index is -0.193. The van der Waals surface area contributed by atoms with Crippen LogP contribution in [0.3, 0.4) is 0 Å². The standard InChI is InChI=1S/C46H50N8O2/c1-23-27(5)41-39(31-13-9-11-15-33(31)45(55)49-19-17-47)42-29(7)25(3)37(53-42)22-38-26(4)30(8)44(54-38)40(32-14-10-12-16-34(32)46(56)50-20-18-48)43-28(6)24(2)36(52-43)21-35(23)51-41/h9-16,21-22,51,54H,17-20,47-48H2,1-8H3,(H,49,55)(H,50,56).